The van der Waals surface area contributed by atoms with E-state index in [2.05, 4.69) is 17.2 Å². The Morgan fingerprint density at radius 1 is 1.16 bits per heavy atom. The van der Waals surface area contributed by atoms with Gasteiger partial charge in [0.2, 0.25) is 5.91 Å². The van der Waals surface area contributed by atoms with Gasteiger partial charge in [-0.1, -0.05) is 56.1 Å². The van der Waals surface area contributed by atoms with Crippen molar-refractivity contribution in [1.29, 1.82) is 0 Å². The van der Waals surface area contributed by atoms with Crippen LogP contribution in [0.2, 0.25) is 0 Å². The molecule has 31 heavy (non-hydrogen) atoms. The lowest BCUT2D eigenvalue weighted by molar-refractivity contribution is -0.113. The summed E-state index contributed by atoms with van der Waals surface area (Å²) in [5.74, 6) is 0.589. The number of benzene rings is 2. The molecule has 0 aliphatic heterocycles. The summed E-state index contributed by atoms with van der Waals surface area (Å²) in [5, 5.41) is 4.09. The molecule has 0 atom stereocenters. The maximum Gasteiger partial charge on any atom is 0.262 e. The average Bonchev–Trinajstić information content (AvgIpc) is 2.77. The zero-order valence-corrected chi connectivity index (χ0v) is 19.1. The second kappa shape index (κ2) is 11.0. The smallest absolute Gasteiger partial charge is 0.262 e. The van der Waals surface area contributed by atoms with Gasteiger partial charge in [0.1, 0.15) is 5.75 Å². The molecule has 0 bridgehead atoms. The first-order valence-corrected chi connectivity index (χ1v) is 11.6. The Hall–Kier alpha value is -2.80. The summed E-state index contributed by atoms with van der Waals surface area (Å²) in [4.78, 5) is 30.4. The SMILES string of the molecule is CCCCCCn1c(SCC(=O)Nc2cc(C)ccc2OC)nc2ccccc2c1=O. The summed E-state index contributed by atoms with van der Waals surface area (Å²) in [6, 6.07) is 13.0. The molecular formula is C24H29N3O3S. The lowest BCUT2D eigenvalue weighted by Crippen LogP contribution is -2.24. The van der Waals surface area contributed by atoms with Crippen LogP contribution >= 0.6 is 11.8 Å². The van der Waals surface area contributed by atoms with E-state index >= 15 is 0 Å². The number of carbonyl (C=O) groups excluding carboxylic acids is 1. The fraction of sp³-hybridized carbons (Fsp3) is 0.375. The first-order valence-electron chi connectivity index (χ1n) is 10.6. The van der Waals surface area contributed by atoms with E-state index in [4.69, 9.17) is 4.74 Å². The van der Waals surface area contributed by atoms with Crippen molar-refractivity contribution < 1.29 is 9.53 Å². The number of rotatable bonds is 10. The number of anilines is 1. The van der Waals surface area contributed by atoms with Crippen LogP contribution in [0.15, 0.2) is 52.4 Å². The van der Waals surface area contributed by atoms with Crippen LogP contribution in [0.3, 0.4) is 0 Å². The van der Waals surface area contributed by atoms with Gasteiger partial charge in [0, 0.05) is 6.54 Å². The minimum absolute atomic E-state index is 0.0506. The normalized spacial score (nSPS) is 10.9. The first kappa shape index (κ1) is 22.9. The number of hydrogen-bond acceptors (Lipinski definition) is 5. The number of thioether (sulfide) groups is 1. The molecule has 6 nitrogen and oxygen atoms in total. The molecule has 1 amide bonds. The number of aromatic nitrogens is 2. The molecule has 3 rings (SSSR count). The Morgan fingerprint density at radius 2 is 1.97 bits per heavy atom. The van der Waals surface area contributed by atoms with E-state index in [1.807, 2.05) is 43.3 Å². The van der Waals surface area contributed by atoms with E-state index in [1.165, 1.54) is 11.8 Å². The zero-order chi connectivity index (χ0) is 22.2. The Labute approximate surface area is 187 Å². The lowest BCUT2D eigenvalue weighted by Gasteiger charge is -2.14. The summed E-state index contributed by atoms with van der Waals surface area (Å²) < 4.78 is 7.04. The van der Waals surface area contributed by atoms with Gasteiger partial charge in [-0.3, -0.25) is 14.2 Å². The summed E-state index contributed by atoms with van der Waals surface area (Å²) in [6.45, 7) is 4.72. The van der Waals surface area contributed by atoms with E-state index in [1.54, 1.807) is 17.7 Å². The Bertz CT molecular complexity index is 1110. The summed E-state index contributed by atoms with van der Waals surface area (Å²) >= 11 is 1.28. The van der Waals surface area contributed by atoms with Crippen molar-refractivity contribution in [2.24, 2.45) is 0 Å². The number of hydrogen-bond donors (Lipinski definition) is 1. The molecule has 0 saturated carbocycles. The van der Waals surface area contributed by atoms with Crippen LogP contribution in [0.1, 0.15) is 38.2 Å². The van der Waals surface area contributed by atoms with Gasteiger partial charge in [-0.05, 0) is 43.2 Å². The van der Waals surface area contributed by atoms with Crippen molar-refractivity contribution in [1.82, 2.24) is 9.55 Å². The minimum atomic E-state index is -0.172. The molecule has 164 valence electrons. The number of fused-ring (bicyclic) bond motifs is 1. The van der Waals surface area contributed by atoms with Crippen LogP contribution in [-0.4, -0.2) is 28.3 Å². The van der Waals surface area contributed by atoms with Crippen LogP contribution in [0.5, 0.6) is 5.75 Å². The van der Waals surface area contributed by atoms with Crippen molar-refractivity contribution in [3.63, 3.8) is 0 Å². The van der Waals surface area contributed by atoms with Gasteiger partial charge in [0.05, 0.1) is 29.5 Å². The number of unbranched alkanes of at least 4 members (excludes halogenated alkanes) is 3. The molecule has 2 aromatic carbocycles. The summed E-state index contributed by atoms with van der Waals surface area (Å²) in [5.41, 5.74) is 2.27. The second-order valence-corrected chi connectivity index (χ2v) is 8.41. The van der Waals surface area contributed by atoms with Crippen LogP contribution < -0.4 is 15.6 Å². The maximum atomic E-state index is 13.1. The van der Waals surface area contributed by atoms with Gasteiger partial charge in [0.15, 0.2) is 5.16 Å². The number of nitrogens with one attached hydrogen (secondary N) is 1. The number of aryl methyl sites for hydroxylation is 1. The third-order valence-electron chi connectivity index (χ3n) is 5.02. The number of nitrogens with zero attached hydrogens (tertiary/aromatic N) is 2. The molecule has 1 aromatic heterocycles. The highest BCUT2D eigenvalue weighted by Crippen LogP contribution is 2.26. The molecule has 3 aromatic rings. The zero-order valence-electron chi connectivity index (χ0n) is 18.3. The van der Waals surface area contributed by atoms with Crippen molar-refractivity contribution in [3.8, 4) is 5.75 Å². The van der Waals surface area contributed by atoms with E-state index in [0.717, 1.165) is 31.2 Å². The molecule has 1 N–H and O–H groups in total. The molecule has 0 aliphatic rings. The molecule has 0 radical (unpaired) electrons. The van der Waals surface area contributed by atoms with E-state index < -0.39 is 0 Å². The predicted octanol–water partition coefficient (Wildman–Crippen LogP) is 5.02. The van der Waals surface area contributed by atoms with Crippen LogP contribution in [0.25, 0.3) is 10.9 Å². The largest absolute Gasteiger partial charge is 0.495 e. The van der Waals surface area contributed by atoms with Crippen LogP contribution in [-0.2, 0) is 11.3 Å². The fourth-order valence-electron chi connectivity index (χ4n) is 3.39. The lowest BCUT2D eigenvalue weighted by atomic mass is 10.2. The molecule has 0 spiro atoms. The van der Waals surface area contributed by atoms with Gasteiger partial charge in [-0.25, -0.2) is 4.98 Å². The average molecular weight is 440 g/mol. The molecule has 0 fully saturated rings. The third kappa shape index (κ3) is 5.88. The molecule has 7 heteroatoms. The van der Waals surface area contributed by atoms with Gasteiger partial charge in [-0.2, -0.15) is 0 Å². The number of amides is 1. The standard InChI is InChI=1S/C24H29N3O3S/c1-4-5-6-9-14-27-23(29)18-10-7-8-11-19(18)26-24(27)31-16-22(28)25-20-15-17(2)12-13-21(20)30-3/h7-8,10-13,15H,4-6,9,14,16H2,1-3H3,(H,25,28). The quantitative estimate of drug-likeness (QED) is 0.273. The topological polar surface area (TPSA) is 73.2 Å². The van der Waals surface area contributed by atoms with Gasteiger partial charge in [-0.15, -0.1) is 0 Å². The minimum Gasteiger partial charge on any atom is -0.495 e. The highest BCUT2D eigenvalue weighted by atomic mass is 32.2. The van der Waals surface area contributed by atoms with Crippen molar-refractivity contribution >= 4 is 34.3 Å². The third-order valence-corrected chi connectivity index (χ3v) is 6.00. The highest BCUT2D eigenvalue weighted by Gasteiger charge is 2.14. The predicted molar refractivity (Wildman–Crippen MR) is 127 cm³/mol. The van der Waals surface area contributed by atoms with Crippen LogP contribution in [0, 0.1) is 6.92 Å². The van der Waals surface area contributed by atoms with E-state index in [0.29, 0.717) is 34.0 Å². The second-order valence-electron chi connectivity index (χ2n) is 7.47. The van der Waals surface area contributed by atoms with E-state index in [9.17, 15) is 9.59 Å². The molecule has 0 aliphatic carbocycles. The van der Waals surface area contributed by atoms with Gasteiger partial charge >= 0.3 is 0 Å². The molecular weight excluding hydrogens is 410 g/mol. The number of ether oxygens (including phenoxy) is 1. The number of methoxy groups -OCH3 is 1. The summed E-state index contributed by atoms with van der Waals surface area (Å²) in [7, 11) is 1.57. The fourth-order valence-corrected chi connectivity index (χ4v) is 4.21. The monoisotopic (exact) mass is 439 g/mol. The maximum absolute atomic E-state index is 13.1. The molecule has 0 unspecified atom stereocenters. The Balaban J connectivity index is 1.79. The molecule has 1 heterocycles. The number of carbonyl (C=O) groups is 1. The van der Waals surface area contributed by atoms with Gasteiger partial charge < -0.3 is 10.1 Å². The van der Waals surface area contributed by atoms with Crippen LogP contribution in [0.4, 0.5) is 5.69 Å². The van der Waals surface area contributed by atoms with Gasteiger partial charge in [0.25, 0.3) is 5.56 Å². The summed E-state index contributed by atoms with van der Waals surface area (Å²) in [6.07, 6.45) is 4.25. The van der Waals surface area contributed by atoms with Crippen molar-refractivity contribution in [2.45, 2.75) is 51.2 Å². The van der Waals surface area contributed by atoms with Crippen molar-refractivity contribution in [2.75, 3.05) is 18.2 Å². The van der Waals surface area contributed by atoms with Crippen molar-refractivity contribution in [3.05, 3.63) is 58.4 Å². The Kier molecular flexibility index (Phi) is 8.12. The highest BCUT2D eigenvalue weighted by molar-refractivity contribution is 7.99. The number of para-hydroxylation sites is 1. The Morgan fingerprint density at radius 3 is 2.74 bits per heavy atom. The molecule has 0 saturated heterocycles. The first-order chi connectivity index (χ1) is 15.0. The van der Waals surface area contributed by atoms with E-state index in [-0.39, 0.29) is 17.2 Å².